The monoisotopic (exact) mass is 251 g/mol. The van der Waals surface area contributed by atoms with Crippen LogP contribution in [0.4, 0.5) is 0 Å². The summed E-state index contributed by atoms with van der Waals surface area (Å²) in [5, 5.41) is 3.49. The highest BCUT2D eigenvalue weighted by atomic mass is 79.9. The van der Waals surface area contributed by atoms with Gasteiger partial charge in [-0.2, -0.15) is 0 Å². The number of hydrogen-bond donors (Lipinski definition) is 1. The third-order valence-electron chi connectivity index (χ3n) is 2.67. The van der Waals surface area contributed by atoms with Crippen LogP contribution in [0, 0.1) is 0 Å². The molecule has 1 N–H and O–H groups in total. The molecule has 0 radical (unpaired) electrons. The standard InChI is InChI=1S/C12H14BrN/c1-9(13)8-14-12-7-6-10-4-2-3-5-11(10)12/h2-5,12,14H,1,6-8H2. The third kappa shape index (κ3) is 2.07. The first kappa shape index (κ1) is 9.94. The summed E-state index contributed by atoms with van der Waals surface area (Å²) in [6.07, 6.45) is 2.40. The summed E-state index contributed by atoms with van der Waals surface area (Å²) in [4.78, 5) is 0. The van der Waals surface area contributed by atoms with E-state index in [4.69, 9.17) is 0 Å². The minimum absolute atomic E-state index is 0.514. The molecule has 1 unspecified atom stereocenters. The summed E-state index contributed by atoms with van der Waals surface area (Å²) < 4.78 is 1.02. The second-order valence-corrected chi connectivity index (χ2v) is 4.81. The van der Waals surface area contributed by atoms with Crippen LogP contribution in [0.2, 0.25) is 0 Å². The summed E-state index contributed by atoms with van der Waals surface area (Å²) >= 11 is 3.36. The molecule has 0 bridgehead atoms. The number of halogens is 1. The lowest BCUT2D eigenvalue weighted by Crippen LogP contribution is -2.20. The molecule has 0 amide bonds. The van der Waals surface area contributed by atoms with E-state index in [9.17, 15) is 0 Å². The highest BCUT2D eigenvalue weighted by molar-refractivity contribution is 9.11. The Bertz CT molecular complexity index is 346. The molecule has 0 aliphatic heterocycles. The van der Waals surface area contributed by atoms with Gasteiger partial charge in [0.25, 0.3) is 0 Å². The van der Waals surface area contributed by atoms with Gasteiger partial charge in [-0.05, 0) is 24.0 Å². The zero-order valence-electron chi connectivity index (χ0n) is 8.09. The smallest absolute Gasteiger partial charge is 0.0329 e. The predicted octanol–water partition coefficient (Wildman–Crippen LogP) is 3.17. The Morgan fingerprint density at radius 3 is 3.07 bits per heavy atom. The van der Waals surface area contributed by atoms with Gasteiger partial charge in [0.05, 0.1) is 0 Å². The Balaban J connectivity index is 2.07. The van der Waals surface area contributed by atoms with Crippen molar-refractivity contribution in [3.63, 3.8) is 0 Å². The first-order chi connectivity index (χ1) is 6.77. The molecular weight excluding hydrogens is 238 g/mol. The van der Waals surface area contributed by atoms with Crippen LogP contribution in [0.25, 0.3) is 0 Å². The number of aryl methyl sites for hydroxylation is 1. The number of hydrogen-bond acceptors (Lipinski definition) is 1. The Labute approximate surface area is 93.3 Å². The zero-order valence-corrected chi connectivity index (χ0v) is 9.68. The number of rotatable bonds is 3. The van der Waals surface area contributed by atoms with E-state index in [-0.39, 0.29) is 0 Å². The minimum atomic E-state index is 0.514. The molecule has 0 heterocycles. The second kappa shape index (κ2) is 4.28. The van der Waals surface area contributed by atoms with E-state index in [0.29, 0.717) is 6.04 Å². The molecule has 0 saturated heterocycles. The maximum absolute atomic E-state index is 3.83. The summed E-state index contributed by atoms with van der Waals surface area (Å²) in [5.41, 5.74) is 2.95. The van der Waals surface area contributed by atoms with E-state index in [1.807, 2.05) is 0 Å². The largest absolute Gasteiger partial charge is 0.305 e. The van der Waals surface area contributed by atoms with Gasteiger partial charge in [-0.25, -0.2) is 0 Å². The summed E-state index contributed by atoms with van der Waals surface area (Å²) in [5.74, 6) is 0. The van der Waals surface area contributed by atoms with E-state index < -0.39 is 0 Å². The first-order valence-electron chi connectivity index (χ1n) is 4.92. The molecule has 1 aromatic rings. The Morgan fingerprint density at radius 2 is 2.29 bits per heavy atom. The fraction of sp³-hybridized carbons (Fsp3) is 0.333. The molecule has 0 aromatic heterocycles. The molecule has 2 rings (SSSR count). The van der Waals surface area contributed by atoms with Gasteiger partial charge in [0.15, 0.2) is 0 Å². The lowest BCUT2D eigenvalue weighted by Gasteiger charge is -2.13. The first-order valence-corrected chi connectivity index (χ1v) is 5.71. The summed E-state index contributed by atoms with van der Waals surface area (Å²) in [6, 6.07) is 9.18. The molecule has 74 valence electrons. The van der Waals surface area contributed by atoms with Gasteiger partial charge in [-0.3, -0.25) is 0 Å². The minimum Gasteiger partial charge on any atom is -0.305 e. The highest BCUT2D eigenvalue weighted by Gasteiger charge is 2.20. The Morgan fingerprint density at radius 1 is 1.50 bits per heavy atom. The fourth-order valence-corrected chi connectivity index (χ4v) is 2.16. The van der Waals surface area contributed by atoms with Crippen LogP contribution in [0.3, 0.4) is 0 Å². The molecule has 1 aliphatic carbocycles. The van der Waals surface area contributed by atoms with Crippen LogP contribution >= 0.6 is 15.9 Å². The van der Waals surface area contributed by atoms with Gasteiger partial charge in [0, 0.05) is 17.1 Å². The molecular formula is C12H14BrN. The van der Waals surface area contributed by atoms with Crippen LogP contribution in [0.5, 0.6) is 0 Å². The molecule has 1 nitrogen and oxygen atoms in total. The van der Waals surface area contributed by atoms with Crippen LogP contribution in [-0.2, 0) is 6.42 Å². The van der Waals surface area contributed by atoms with Gasteiger partial charge < -0.3 is 5.32 Å². The molecule has 0 saturated carbocycles. The van der Waals surface area contributed by atoms with Crippen molar-refractivity contribution in [2.75, 3.05) is 6.54 Å². The van der Waals surface area contributed by atoms with Gasteiger partial charge >= 0.3 is 0 Å². The lowest BCUT2D eigenvalue weighted by molar-refractivity contribution is 0.563. The molecule has 1 aliphatic rings. The third-order valence-corrected chi connectivity index (χ3v) is 2.95. The van der Waals surface area contributed by atoms with Gasteiger partial charge in [0.2, 0.25) is 0 Å². The van der Waals surface area contributed by atoms with Crippen molar-refractivity contribution in [1.29, 1.82) is 0 Å². The Hall–Kier alpha value is -0.600. The number of benzene rings is 1. The van der Waals surface area contributed by atoms with Crippen molar-refractivity contribution >= 4 is 15.9 Å². The average molecular weight is 252 g/mol. The number of fused-ring (bicyclic) bond motifs is 1. The van der Waals surface area contributed by atoms with Crippen molar-refractivity contribution in [2.24, 2.45) is 0 Å². The lowest BCUT2D eigenvalue weighted by atomic mass is 10.1. The van der Waals surface area contributed by atoms with Gasteiger partial charge in [0.1, 0.15) is 0 Å². The predicted molar refractivity (Wildman–Crippen MR) is 63.6 cm³/mol. The normalized spacial score (nSPS) is 19.4. The average Bonchev–Trinajstić information content (AvgIpc) is 2.58. The van der Waals surface area contributed by atoms with E-state index in [1.165, 1.54) is 24.0 Å². The van der Waals surface area contributed by atoms with Crippen LogP contribution < -0.4 is 5.32 Å². The van der Waals surface area contributed by atoms with E-state index >= 15 is 0 Å². The van der Waals surface area contributed by atoms with E-state index in [2.05, 4.69) is 52.1 Å². The quantitative estimate of drug-likeness (QED) is 0.871. The fourth-order valence-electron chi connectivity index (χ4n) is 2.00. The SMILES string of the molecule is C=C(Br)CNC1CCc2ccccc21. The summed E-state index contributed by atoms with van der Waals surface area (Å²) in [6.45, 7) is 4.67. The number of nitrogens with one attached hydrogen (secondary N) is 1. The van der Waals surface area contributed by atoms with Crippen molar-refractivity contribution in [1.82, 2.24) is 5.32 Å². The van der Waals surface area contributed by atoms with Crippen LogP contribution in [-0.4, -0.2) is 6.54 Å². The summed E-state index contributed by atoms with van der Waals surface area (Å²) in [7, 11) is 0. The van der Waals surface area contributed by atoms with Gasteiger partial charge in [-0.1, -0.05) is 46.8 Å². The second-order valence-electron chi connectivity index (χ2n) is 3.69. The van der Waals surface area contributed by atoms with Crippen LogP contribution in [0.1, 0.15) is 23.6 Å². The zero-order chi connectivity index (χ0) is 9.97. The van der Waals surface area contributed by atoms with E-state index in [1.54, 1.807) is 0 Å². The van der Waals surface area contributed by atoms with Crippen molar-refractivity contribution in [2.45, 2.75) is 18.9 Å². The van der Waals surface area contributed by atoms with Crippen molar-refractivity contribution in [3.05, 3.63) is 46.5 Å². The molecule has 14 heavy (non-hydrogen) atoms. The molecule has 2 heteroatoms. The van der Waals surface area contributed by atoms with Crippen LogP contribution in [0.15, 0.2) is 35.3 Å². The molecule has 1 atom stereocenters. The van der Waals surface area contributed by atoms with Crippen molar-refractivity contribution in [3.8, 4) is 0 Å². The molecule has 0 spiro atoms. The maximum Gasteiger partial charge on any atom is 0.0329 e. The van der Waals surface area contributed by atoms with E-state index in [0.717, 1.165) is 11.0 Å². The highest BCUT2D eigenvalue weighted by Crippen LogP contribution is 2.30. The topological polar surface area (TPSA) is 12.0 Å². The van der Waals surface area contributed by atoms with Gasteiger partial charge in [-0.15, -0.1) is 0 Å². The maximum atomic E-state index is 3.83. The molecule has 0 fully saturated rings. The van der Waals surface area contributed by atoms with Crippen molar-refractivity contribution < 1.29 is 0 Å². The Kier molecular flexibility index (Phi) is 3.04. The molecule has 1 aromatic carbocycles.